The first kappa shape index (κ1) is 12.9. The van der Waals surface area contributed by atoms with Crippen LogP contribution in [-0.2, 0) is 0 Å². The van der Waals surface area contributed by atoms with Gasteiger partial charge in [0, 0.05) is 21.9 Å². The van der Waals surface area contributed by atoms with E-state index in [0.29, 0.717) is 0 Å². The third-order valence-corrected chi connectivity index (χ3v) is 5.85. The summed E-state index contributed by atoms with van der Waals surface area (Å²) in [6.45, 7) is 0.0876. The first-order valence-electron chi connectivity index (χ1n) is 8.91. The van der Waals surface area contributed by atoms with Gasteiger partial charge in [-0.1, -0.05) is 54.6 Å². The highest BCUT2D eigenvalue weighted by molar-refractivity contribution is 6.82. The molecule has 0 aliphatic carbocycles. The monoisotopic (exact) mass is 332 g/mol. The molecule has 4 heteroatoms. The van der Waals surface area contributed by atoms with E-state index in [1.165, 1.54) is 44.1 Å². The second kappa shape index (κ2) is 4.22. The topological polar surface area (TPSA) is 21.3 Å². The molecule has 0 spiro atoms. The molecule has 0 N–H and O–H groups in total. The van der Waals surface area contributed by atoms with E-state index in [2.05, 4.69) is 82.1 Å². The van der Waals surface area contributed by atoms with Crippen LogP contribution < -0.4 is 10.3 Å². The van der Waals surface area contributed by atoms with Crippen molar-refractivity contribution in [3.8, 4) is 11.1 Å². The van der Waals surface area contributed by atoms with Crippen molar-refractivity contribution in [1.82, 2.24) is 4.48 Å². The lowest BCUT2D eigenvalue weighted by Crippen LogP contribution is -2.51. The highest BCUT2D eigenvalue weighted by Crippen LogP contribution is 2.48. The minimum Gasteiger partial charge on any atom is -0.449 e. The Bertz CT molecular complexity index is 1360. The molecule has 3 nitrogen and oxygen atoms in total. The summed E-state index contributed by atoms with van der Waals surface area (Å²) in [4.78, 5) is 2.35. The van der Waals surface area contributed by atoms with E-state index in [4.69, 9.17) is 4.42 Å². The van der Waals surface area contributed by atoms with Crippen LogP contribution in [0.3, 0.4) is 0 Å². The van der Waals surface area contributed by atoms with Gasteiger partial charge in [-0.05, 0) is 29.2 Å². The minimum atomic E-state index is 0.0876. The predicted molar refractivity (Wildman–Crippen MR) is 107 cm³/mol. The molecule has 7 rings (SSSR count). The Morgan fingerprint density at radius 1 is 0.731 bits per heavy atom. The normalized spacial score (nSPS) is 14.0. The van der Waals surface area contributed by atoms with Crippen LogP contribution in [0.2, 0.25) is 0 Å². The Labute approximate surface area is 150 Å². The van der Waals surface area contributed by atoms with Crippen LogP contribution in [0, 0.1) is 0 Å². The second-order valence-electron chi connectivity index (χ2n) is 7.03. The maximum absolute atomic E-state index is 5.98. The summed E-state index contributed by atoms with van der Waals surface area (Å²) in [5.74, 6) is 0.939. The number of aromatic nitrogens is 1. The largest absolute Gasteiger partial charge is 0.449 e. The fourth-order valence-electron chi connectivity index (χ4n) is 4.89. The summed E-state index contributed by atoms with van der Waals surface area (Å²) < 4.78 is 8.46. The van der Waals surface area contributed by atoms with E-state index in [-0.39, 0.29) is 6.98 Å². The van der Waals surface area contributed by atoms with Crippen LogP contribution in [0.25, 0.3) is 32.9 Å². The molecule has 0 unspecified atom stereocenters. The summed E-state index contributed by atoms with van der Waals surface area (Å²) >= 11 is 0. The zero-order valence-electron chi connectivity index (χ0n) is 13.9. The van der Waals surface area contributed by atoms with Crippen molar-refractivity contribution in [1.29, 1.82) is 0 Å². The molecule has 0 saturated carbocycles. The number of benzene rings is 3. The molecule has 0 atom stereocenters. The zero-order valence-corrected chi connectivity index (χ0v) is 13.9. The van der Waals surface area contributed by atoms with Gasteiger partial charge in [0.15, 0.2) is 5.88 Å². The molecule has 0 fully saturated rings. The van der Waals surface area contributed by atoms with Crippen molar-refractivity contribution in [3.05, 3.63) is 79.1 Å². The van der Waals surface area contributed by atoms with Crippen LogP contribution in [0.5, 0.6) is 0 Å². The molecule has 2 aliphatic rings. The molecule has 0 amide bonds. The second-order valence-corrected chi connectivity index (χ2v) is 7.03. The molecule has 2 aromatic heterocycles. The fraction of sp³-hybridized carbons (Fsp3) is 0. The van der Waals surface area contributed by atoms with Crippen molar-refractivity contribution >= 4 is 45.8 Å². The van der Waals surface area contributed by atoms with E-state index in [1.54, 1.807) is 6.26 Å². The van der Waals surface area contributed by atoms with Gasteiger partial charge in [0.1, 0.15) is 0 Å². The Kier molecular flexibility index (Phi) is 2.09. The molecule has 120 valence electrons. The van der Waals surface area contributed by atoms with Crippen molar-refractivity contribution < 1.29 is 4.42 Å². The maximum atomic E-state index is 5.98. The van der Waals surface area contributed by atoms with Crippen LogP contribution in [-0.4, -0.2) is 11.5 Å². The number of rotatable bonds is 0. The van der Waals surface area contributed by atoms with E-state index >= 15 is 0 Å². The highest BCUT2D eigenvalue weighted by Gasteiger charge is 2.46. The van der Waals surface area contributed by atoms with Gasteiger partial charge in [-0.3, -0.25) is 0 Å². The van der Waals surface area contributed by atoms with Gasteiger partial charge in [-0.15, -0.1) is 0 Å². The molecular weight excluding hydrogens is 319 g/mol. The third-order valence-electron chi connectivity index (χ3n) is 5.85. The van der Waals surface area contributed by atoms with Crippen LogP contribution >= 0.6 is 0 Å². The van der Waals surface area contributed by atoms with E-state index in [1.807, 2.05) is 0 Å². The van der Waals surface area contributed by atoms with Crippen molar-refractivity contribution in [3.63, 3.8) is 0 Å². The lowest BCUT2D eigenvalue weighted by molar-refractivity contribution is 0.577. The summed E-state index contributed by atoms with van der Waals surface area (Å²) in [6.07, 6.45) is 1.80. The average molecular weight is 332 g/mol. The summed E-state index contributed by atoms with van der Waals surface area (Å²) in [5, 5.41) is 2.62. The van der Waals surface area contributed by atoms with E-state index in [9.17, 15) is 0 Å². The lowest BCUT2D eigenvalue weighted by Gasteiger charge is -2.31. The van der Waals surface area contributed by atoms with Gasteiger partial charge in [0.05, 0.1) is 17.5 Å². The number of para-hydroxylation sites is 2. The number of nitrogens with zero attached hydrogens (tertiary/aromatic N) is 2. The van der Waals surface area contributed by atoms with Gasteiger partial charge in [0.2, 0.25) is 0 Å². The Morgan fingerprint density at radius 3 is 2.58 bits per heavy atom. The average Bonchev–Trinajstić information content (AvgIpc) is 3.38. The number of anilines is 2. The Hall–Kier alpha value is -3.40. The number of furan rings is 1. The van der Waals surface area contributed by atoms with E-state index in [0.717, 1.165) is 5.88 Å². The van der Waals surface area contributed by atoms with Crippen molar-refractivity contribution in [2.45, 2.75) is 0 Å². The fourth-order valence-corrected chi connectivity index (χ4v) is 4.89. The summed E-state index contributed by atoms with van der Waals surface area (Å²) in [7, 11) is 0. The third kappa shape index (κ3) is 1.28. The summed E-state index contributed by atoms with van der Waals surface area (Å²) in [5.41, 5.74) is 7.53. The molecule has 0 saturated heterocycles. The molecule has 26 heavy (non-hydrogen) atoms. The zero-order chi connectivity index (χ0) is 16.8. The van der Waals surface area contributed by atoms with Gasteiger partial charge < -0.3 is 13.7 Å². The predicted octanol–water partition coefficient (Wildman–Crippen LogP) is 4.76. The molecule has 5 aromatic rings. The van der Waals surface area contributed by atoms with Gasteiger partial charge in [-0.25, -0.2) is 0 Å². The van der Waals surface area contributed by atoms with Gasteiger partial charge >= 0.3 is 6.98 Å². The Morgan fingerprint density at radius 2 is 1.58 bits per heavy atom. The maximum Gasteiger partial charge on any atom is 0.423 e. The van der Waals surface area contributed by atoms with E-state index < -0.39 is 0 Å². The molecule has 3 aromatic carbocycles. The molecule has 0 radical (unpaired) electrons. The number of hydrogen-bond acceptors (Lipinski definition) is 2. The molecular formula is C22H13BN2O. The van der Waals surface area contributed by atoms with Crippen LogP contribution in [0.1, 0.15) is 0 Å². The van der Waals surface area contributed by atoms with Crippen molar-refractivity contribution in [2.75, 3.05) is 4.81 Å². The smallest absolute Gasteiger partial charge is 0.423 e. The first-order valence-corrected chi connectivity index (χ1v) is 8.91. The highest BCUT2D eigenvalue weighted by atomic mass is 16.3. The van der Waals surface area contributed by atoms with Gasteiger partial charge in [-0.2, -0.15) is 0 Å². The SMILES string of the molecule is c1ccc2c(c1)B1N(c3occc3-2)c2cccc3c4ccccc4n1c23. The Balaban J connectivity index is 1.72. The van der Waals surface area contributed by atoms with Crippen LogP contribution in [0.15, 0.2) is 83.5 Å². The minimum absolute atomic E-state index is 0.0876. The quantitative estimate of drug-likeness (QED) is 0.381. The lowest BCUT2D eigenvalue weighted by atomic mass is 9.61. The molecule has 2 aliphatic heterocycles. The van der Waals surface area contributed by atoms with Gasteiger partial charge in [0.25, 0.3) is 0 Å². The molecule has 4 heterocycles. The summed E-state index contributed by atoms with van der Waals surface area (Å²) in [6, 6.07) is 26.0. The number of hydrogen-bond donors (Lipinski definition) is 0. The molecule has 0 bridgehead atoms. The number of fused-ring (bicyclic) bond motifs is 11. The van der Waals surface area contributed by atoms with Crippen LogP contribution in [0.4, 0.5) is 11.6 Å². The first-order chi connectivity index (χ1) is 12.9. The van der Waals surface area contributed by atoms with Crippen molar-refractivity contribution in [2.24, 2.45) is 0 Å². The standard InChI is InChI=1S/C22H13BN2O/c1-3-9-18-14(6-1)17-12-13-26-22(17)25-20-11-5-8-16-15-7-2-4-10-19(15)24(21(16)20)23(18)25/h1-13H.